The van der Waals surface area contributed by atoms with Gasteiger partial charge in [0.25, 0.3) is 0 Å². The van der Waals surface area contributed by atoms with Crippen LogP contribution in [-0.2, 0) is 13.6 Å². The van der Waals surface area contributed by atoms with Gasteiger partial charge >= 0.3 is 0 Å². The molecule has 0 aliphatic heterocycles. The Morgan fingerprint density at radius 3 is 2.83 bits per heavy atom. The molecule has 0 aliphatic rings. The van der Waals surface area contributed by atoms with Gasteiger partial charge in [-0.25, -0.2) is 0 Å². The van der Waals surface area contributed by atoms with Crippen molar-refractivity contribution in [3.63, 3.8) is 0 Å². The van der Waals surface area contributed by atoms with Crippen LogP contribution in [-0.4, -0.2) is 21.4 Å². The molecule has 18 heavy (non-hydrogen) atoms. The van der Waals surface area contributed by atoms with Crippen LogP contribution >= 0.6 is 11.3 Å². The van der Waals surface area contributed by atoms with Crippen molar-refractivity contribution in [2.24, 2.45) is 7.05 Å². The predicted molar refractivity (Wildman–Crippen MR) is 73.7 cm³/mol. The highest BCUT2D eigenvalue weighted by Crippen LogP contribution is 2.16. The van der Waals surface area contributed by atoms with E-state index in [9.17, 15) is 5.11 Å². The van der Waals surface area contributed by atoms with Crippen LogP contribution in [0.3, 0.4) is 0 Å². The molecule has 0 saturated heterocycles. The van der Waals surface area contributed by atoms with Gasteiger partial charge in [0.05, 0.1) is 11.8 Å². The Kier molecular flexibility index (Phi) is 4.16. The lowest BCUT2D eigenvalue weighted by molar-refractivity contribution is 0.175. The van der Waals surface area contributed by atoms with E-state index in [1.54, 1.807) is 11.3 Å². The van der Waals surface area contributed by atoms with Crippen molar-refractivity contribution in [3.05, 3.63) is 39.3 Å². The number of aromatic nitrogens is 2. The Labute approximate surface area is 111 Å². The summed E-state index contributed by atoms with van der Waals surface area (Å²) in [4.78, 5) is 0. The Morgan fingerprint density at radius 2 is 2.28 bits per heavy atom. The summed E-state index contributed by atoms with van der Waals surface area (Å²) in [6.07, 6.45) is -0.437. The van der Waals surface area contributed by atoms with E-state index >= 15 is 0 Å². The molecule has 0 aromatic carbocycles. The summed E-state index contributed by atoms with van der Waals surface area (Å²) in [7, 11) is 1.95. The van der Waals surface area contributed by atoms with Gasteiger partial charge < -0.3 is 10.4 Å². The Bertz CT molecular complexity index is 505. The zero-order valence-corrected chi connectivity index (χ0v) is 11.8. The monoisotopic (exact) mass is 265 g/mol. The van der Waals surface area contributed by atoms with Crippen LogP contribution in [0.2, 0.25) is 0 Å². The van der Waals surface area contributed by atoms with Crippen LogP contribution in [0.25, 0.3) is 0 Å². The van der Waals surface area contributed by atoms with E-state index in [0.29, 0.717) is 6.54 Å². The normalized spacial score (nSPS) is 12.9. The maximum absolute atomic E-state index is 9.95. The van der Waals surface area contributed by atoms with E-state index < -0.39 is 6.10 Å². The van der Waals surface area contributed by atoms with Gasteiger partial charge in [-0.3, -0.25) is 4.68 Å². The largest absolute Gasteiger partial charge is 0.387 e. The van der Waals surface area contributed by atoms with Gasteiger partial charge in [-0.15, -0.1) is 0 Å². The van der Waals surface area contributed by atoms with E-state index in [0.717, 1.165) is 17.8 Å². The number of aryl methyl sites for hydroxylation is 2. The number of hydrogen-bond donors (Lipinski definition) is 2. The smallest absolute Gasteiger partial charge is 0.0922 e. The molecule has 5 heteroatoms. The zero-order valence-electron chi connectivity index (χ0n) is 11.0. The summed E-state index contributed by atoms with van der Waals surface area (Å²) in [6, 6.07) is 1.96. The average Bonchev–Trinajstić information content (AvgIpc) is 2.93. The van der Waals surface area contributed by atoms with Gasteiger partial charge in [0.1, 0.15) is 0 Å². The standard InChI is InChI=1S/C13H19N3OS/c1-9-12(10(2)16(3)15-9)6-14-7-13(17)11-4-5-18-8-11/h4-5,8,13-14,17H,6-7H2,1-3H3. The number of rotatable bonds is 5. The first kappa shape index (κ1) is 13.3. The van der Waals surface area contributed by atoms with Crippen molar-refractivity contribution < 1.29 is 5.11 Å². The number of aliphatic hydroxyl groups is 1. The summed E-state index contributed by atoms with van der Waals surface area (Å²) in [5, 5.41) is 21.6. The molecule has 98 valence electrons. The van der Waals surface area contributed by atoms with Crippen LogP contribution < -0.4 is 5.32 Å². The summed E-state index contributed by atoms with van der Waals surface area (Å²) in [5.41, 5.74) is 4.42. The van der Waals surface area contributed by atoms with Crippen LogP contribution in [0.5, 0.6) is 0 Å². The van der Waals surface area contributed by atoms with Crippen molar-refractivity contribution in [1.29, 1.82) is 0 Å². The molecule has 0 saturated carbocycles. The SMILES string of the molecule is Cc1nn(C)c(C)c1CNCC(O)c1ccsc1. The van der Waals surface area contributed by atoms with Gasteiger partial charge in [-0.05, 0) is 36.2 Å². The molecule has 2 N–H and O–H groups in total. The number of aliphatic hydroxyl groups excluding tert-OH is 1. The minimum Gasteiger partial charge on any atom is -0.387 e. The van der Waals surface area contributed by atoms with Crippen LogP contribution in [0, 0.1) is 13.8 Å². The highest BCUT2D eigenvalue weighted by Gasteiger charge is 2.11. The summed E-state index contributed by atoms with van der Waals surface area (Å²) >= 11 is 1.60. The Morgan fingerprint density at radius 1 is 1.50 bits per heavy atom. The Hall–Kier alpha value is -1.17. The topological polar surface area (TPSA) is 50.1 Å². The lowest BCUT2D eigenvalue weighted by atomic mass is 10.1. The predicted octanol–water partition coefficient (Wildman–Crippen LogP) is 1.92. The molecule has 2 aromatic rings. The first-order valence-corrected chi connectivity index (χ1v) is 6.94. The first-order valence-electron chi connectivity index (χ1n) is 5.99. The lowest BCUT2D eigenvalue weighted by Crippen LogP contribution is -2.21. The lowest BCUT2D eigenvalue weighted by Gasteiger charge is -2.10. The van der Waals surface area contributed by atoms with Crippen molar-refractivity contribution in [3.8, 4) is 0 Å². The molecule has 0 bridgehead atoms. The fraction of sp³-hybridized carbons (Fsp3) is 0.462. The van der Waals surface area contributed by atoms with E-state index in [2.05, 4.69) is 17.3 Å². The average molecular weight is 265 g/mol. The first-order chi connectivity index (χ1) is 8.59. The molecule has 0 fully saturated rings. The molecule has 2 heterocycles. The summed E-state index contributed by atoms with van der Waals surface area (Å²) < 4.78 is 1.89. The maximum atomic E-state index is 9.95. The molecule has 1 unspecified atom stereocenters. The quantitative estimate of drug-likeness (QED) is 0.868. The maximum Gasteiger partial charge on any atom is 0.0922 e. The van der Waals surface area contributed by atoms with Crippen molar-refractivity contribution in [2.45, 2.75) is 26.5 Å². The van der Waals surface area contributed by atoms with Gasteiger partial charge in [0.15, 0.2) is 0 Å². The molecule has 1 atom stereocenters. The highest BCUT2D eigenvalue weighted by atomic mass is 32.1. The summed E-state index contributed by atoms with van der Waals surface area (Å²) in [6.45, 7) is 5.38. The molecular formula is C13H19N3OS. The second-order valence-electron chi connectivity index (χ2n) is 4.48. The number of nitrogens with zero attached hydrogens (tertiary/aromatic N) is 2. The van der Waals surface area contributed by atoms with Crippen LogP contribution in [0.1, 0.15) is 28.6 Å². The molecule has 0 spiro atoms. The van der Waals surface area contributed by atoms with Gasteiger partial charge in [0, 0.05) is 31.4 Å². The highest BCUT2D eigenvalue weighted by molar-refractivity contribution is 7.07. The van der Waals surface area contributed by atoms with E-state index in [1.165, 1.54) is 11.3 Å². The van der Waals surface area contributed by atoms with Crippen LogP contribution in [0.4, 0.5) is 0 Å². The molecule has 0 amide bonds. The molecule has 2 rings (SSSR count). The molecule has 0 aliphatic carbocycles. The number of nitrogens with one attached hydrogen (secondary N) is 1. The van der Waals surface area contributed by atoms with E-state index in [1.807, 2.05) is 35.5 Å². The Balaban J connectivity index is 1.89. The molecular weight excluding hydrogens is 246 g/mol. The number of hydrogen-bond acceptors (Lipinski definition) is 4. The third-order valence-corrected chi connectivity index (χ3v) is 3.93. The zero-order chi connectivity index (χ0) is 13.1. The van der Waals surface area contributed by atoms with Crippen LogP contribution in [0.15, 0.2) is 16.8 Å². The second-order valence-corrected chi connectivity index (χ2v) is 5.26. The summed E-state index contributed by atoms with van der Waals surface area (Å²) in [5.74, 6) is 0. The van der Waals surface area contributed by atoms with Crippen molar-refractivity contribution in [2.75, 3.05) is 6.54 Å². The fourth-order valence-electron chi connectivity index (χ4n) is 1.99. The van der Waals surface area contributed by atoms with Crippen molar-refractivity contribution >= 4 is 11.3 Å². The fourth-order valence-corrected chi connectivity index (χ4v) is 2.70. The molecule has 4 nitrogen and oxygen atoms in total. The minimum atomic E-state index is -0.437. The number of thiophene rings is 1. The minimum absolute atomic E-state index is 0.437. The van der Waals surface area contributed by atoms with Crippen molar-refractivity contribution in [1.82, 2.24) is 15.1 Å². The second kappa shape index (κ2) is 5.65. The van der Waals surface area contributed by atoms with Gasteiger partial charge in [-0.2, -0.15) is 16.4 Å². The van der Waals surface area contributed by atoms with Gasteiger partial charge in [-0.1, -0.05) is 0 Å². The molecule has 0 radical (unpaired) electrons. The third kappa shape index (κ3) is 2.80. The third-order valence-electron chi connectivity index (χ3n) is 3.23. The van der Waals surface area contributed by atoms with E-state index in [-0.39, 0.29) is 0 Å². The van der Waals surface area contributed by atoms with E-state index in [4.69, 9.17) is 0 Å². The molecule has 2 aromatic heterocycles. The van der Waals surface area contributed by atoms with Gasteiger partial charge in [0.2, 0.25) is 0 Å².